The lowest BCUT2D eigenvalue weighted by Crippen LogP contribution is -2.41. The van der Waals surface area contributed by atoms with E-state index in [0.717, 1.165) is 0 Å². The zero-order chi connectivity index (χ0) is 15.5. The molecule has 0 aromatic heterocycles. The SMILES string of the molecule is O=C(NNS(=O)(=O)c1cccc(Cl)c1Cl)c1ccccc1. The van der Waals surface area contributed by atoms with E-state index < -0.39 is 15.9 Å². The number of benzene rings is 2. The highest BCUT2D eigenvalue weighted by Gasteiger charge is 2.20. The standard InChI is InChI=1S/C13H10Cl2N2O3S/c14-10-7-4-8-11(12(10)15)21(19,20)17-16-13(18)9-5-2-1-3-6-9/h1-8,17H,(H,16,18). The maximum absolute atomic E-state index is 12.1. The first kappa shape index (κ1) is 15.8. The molecule has 2 N–H and O–H groups in total. The van der Waals surface area contributed by atoms with E-state index in [1.165, 1.54) is 18.2 Å². The summed E-state index contributed by atoms with van der Waals surface area (Å²) in [5.74, 6) is -0.586. The largest absolute Gasteiger partial charge is 0.273 e. The van der Waals surface area contributed by atoms with Crippen molar-refractivity contribution in [2.45, 2.75) is 4.90 Å². The number of hydrazine groups is 1. The number of halogens is 2. The van der Waals surface area contributed by atoms with E-state index in [1.807, 2.05) is 4.83 Å². The summed E-state index contributed by atoms with van der Waals surface area (Å²) in [5, 5.41) is -0.00504. The smallest absolute Gasteiger partial charge is 0.266 e. The summed E-state index contributed by atoms with van der Waals surface area (Å²) < 4.78 is 24.1. The van der Waals surface area contributed by atoms with E-state index in [1.54, 1.807) is 30.3 Å². The third-order valence-corrected chi connectivity index (χ3v) is 4.76. The average molecular weight is 345 g/mol. The molecule has 0 bridgehead atoms. The summed E-state index contributed by atoms with van der Waals surface area (Å²) in [4.78, 5) is 13.5. The summed E-state index contributed by atoms with van der Waals surface area (Å²) in [5.41, 5.74) is 2.42. The molecule has 0 radical (unpaired) electrons. The first-order valence-electron chi connectivity index (χ1n) is 5.73. The Morgan fingerprint density at radius 2 is 1.62 bits per heavy atom. The number of hydrogen-bond acceptors (Lipinski definition) is 3. The van der Waals surface area contributed by atoms with Crippen molar-refractivity contribution in [3.8, 4) is 0 Å². The number of nitrogens with one attached hydrogen (secondary N) is 2. The monoisotopic (exact) mass is 344 g/mol. The number of hydrogen-bond donors (Lipinski definition) is 2. The van der Waals surface area contributed by atoms with E-state index in [2.05, 4.69) is 5.43 Å². The third-order valence-electron chi connectivity index (χ3n) is 2.54. The minimum Gasteiger partial charge on any atom is -0.273 e. The lowest BCUT2D eigenvalue weighted by atomic mass is 10.2. The number of rotatable bonds is 4. The van der Waals surface area contributed by atoms with Gasteiger partial charge in [0, 0.05) is 5.56 Å². The molecule has 0 aliphatic heterocycles. The molecule has 0 aliphatic carbocycles. The Labute approximate surface area is 131 Å². The van der Waals surface area contributed by atoms with Crippen LogP contribution in [-0.4, -0.2) is 14.3 Å². The summed E-state index contributed by atoms with van der Waals surface area (Å²) in [6, 6.07) is 12.4. The Balaban J connectivity index is 2.16. The highest BCUT2D eigenvalue weighted by Crippen LogP contribution is 2.28. The minimum atomic E-state index is -4.01. The molecule has 0 spiro atoms. The van der Waals surface area contributed by atoms with Gasteiger partial charge in [0.25, 0.3) is 15.9 Å². The van der Waals surface area contributed by atoms with E-state index in [-0.39, 0.29) is 14.9 Å². The number of carbonyl (C=O) groups excluding carboxylic acids is 1. The summed E-state index contributed by atoms with van der Waals surface area (Å²) in [6.07, 6.45) is 0. The number of amides is 1. The molecule has 0 unspecified atom stereocenters. The highest BCUT2D eigenvalue weighted by molar-refractivity contribution is 7.89. The summed E-state index contributed by atoms with van der Waals surface area (Å²) in [7, 11) is -4.01. The van der Waals surface area contributed by atoms with Gasteiger partial charge in [-0.25, -0.2) is 8.42 Å². The molecule has 5 nitrogen and oxygen atoms in total. The lowest BCUT2D eigenvalue weighted by molar-refractivity contribution is 0.0945. The zero-order valence-corrected chi connectivity index (χ0v) is 12.8. The maximum atomic E-state index is 12.1. The van der Waals surface area contributed by atoms with Crippen LogP contribution in [0.1, 0.15) is 10.4 Å². The molecule has 110 valence electrons. The fourth-order valence-electron chi connectivity index (χ4n) is 1.52. The Morgan fingerprint density at radius 3 is 2.29 bits per heavy atom. The summed E-state index contributed by atoms with van der Waals surface area (Å²) in [6.45, 7) is 0. The first-order chi connectivity index (χ1) is 9.92. The number of carbonyl (C=O) groups is 1. The van der Waals surface area contributed by atoms with Crippen LogP contribution in [0.15, 0.2) is 53.4 Å². The fourth-order valence-corrected chi connectivity index (χ4v) is 3.12. The molecule has 0 heterocycles. The van der Waals surface area contributed by atoms with Gasteiger partial charge in [0.2, 0.25) is 0 Å². The van der Waals surface area contributed by atoms with Crippen LogP contribution in [0.5, 0.6) is 0 Å². The van der Waals surface area contributed by atoms with E-state index >= 15 is 0 Å². The second-order valence-corrected chi connectivity index (χ2v) is 6.41. The maximum Gasteiger partial charge on any atom is 0.266 e. The molecule has 8 heteroatoms. The Morgan fingerprint density at radius 1 is 0.952 bits per heavy atom. The van der Waals surface area contributed by atoms with Gasteiger partial charge in [0.15, 0.2) is 0 Å². The molecule has 0 saturated carbocycles. The quantitative estimate of drug-likeness (QED) is 0.837. The second kappa shape index (κ2) is 6.44. The van der Waals surface area contributed by atoms with Crippen LogP contribution in [0.2, 0.25) is 10.0 Å². The van der Waals surface area contributed by atoms with Crippen molar-refractivity contribution in [1.82, 2.24) is 10.3 Å². The van der Waals surface area contributed by atoms with Crippen molar-refractivity contribution in [3.63, 3.8) is 0 Å². The van der Waals surface area contributed by atoms with E-state index in [9.17, 15) is 13.2 Å². The minimum absolute atomic E-state index is 0.105. The van der Waals surface area contributed by atoms with Crippen LogP contribution in [0, 0.1) is 0 Å². The van der Waals surface area contributed by atoms with Crippen LogP contribution in [0.4, 0.5) is 0 Å². The van der Waals surface area contributed by atoms with Gasteiger partial charge in [0.1, 0.15) is 4.90 Å². The lowest BCUT2D eigenvalue weighted by Gasteiger charge is -2.10. The molecule has 0 atom stereocenters. The average Bonchev–Trinajstić information content (AvgIpc) is 2.48. The number of sulfonamides is 1. The highest BCUT2D eigenvalue weighted by atomic mass is 35.5. The molecule has 1 amide bonds. The molecule has 2 rings (SSSR count). The first-order valence-corrected chi connectivity index (χ1v) is 7.97. The Bertz CT molecular complexity index is 764. The Kier molecular flexibility index (Phi) is 4.84. The molecular weight excluding hydrogens is 335 g/mol. The van der Waals surface area contributed by atoms with Gasteiger partial charge < -0.3 is 0 Å². The van der Waals surface area contributed by atoms with E-state index in [0.29, 0.717) is 5.56 Å². The van der Waals surface area contributed by atoms with Crippen molar-refractivity contribution in [1.29, 1.82) is 0 Å². The molecule has 2 aromatic rings. The van der Waals surface area contributed by atoms with Gasteiger partial charge in [-0.1, -0.05) is 47.5 Å². The van der Waals surface area contributed by atoms with Crippen LogP contribution < -0.4 is 10.3 Å². The molecule has 0 saturated heterocycles. The van der Waals surface area contributed by atoms with Crippen molar-refractivity contribution in [2.24, 2.45) is 0 Å². The zero-order valence-electron chi connectivity index (χ0n) is 10.5. The molecule has 21 heavy (non-hydrogen) atoms. The van der Waals surface area contributed by atoms with Gasteiger partial charge in [-0.15, -0.1) is 4.83 Å². The van der Waals surface area contributed by atoms with Gasteiger partial charge in [-0.05, 0) is 24.3 Å². The molecule has 2 aromatic carbocycles. The van der Waals surface area contributed by atoms with Crippen molar-refractivity contribution >= 4 is 39.1 Å². The van der Waals surface area contributed by atoms with Gasteiger partial charge in [-0.3, -0.25) is 10.2 Å². The molecule has 0 aliphatic rings. The third kappa shape index (κ3) is 3.74. The summed E-state index contributed by atoms with van der Waals surface area (Å²) >= 11 is 11.6. The van der Waals surface area contributed by atoms with Crippen molar-refractivity contribution in [2.75, 3.05) is 0 Å². The predicted octanol–water partition coefficient (Wildman–Crippen LogP) is 2.62. The van der Waals surface area contributed by atoms with Crippen LogP contribution in [0.25, 0.3) is 0 Å². The topological polar surface area (TPSA) is 75.3 Å². The van der Waals surface area contributed by atoms with Crippen molar-refractivity contribution in [3.05, 3.63) is 64.1 Å². The van der Waals surface area contributed by atoms with Gasteiger partial charge in [0.05, 0.1) is 10.0 Å². The second-order valence-electron chi connectivity index (χ2n) is 3.98. The van der Waals surface area contributed by atoms with Crippen molar-refractivity contribution < 1.29 is 13.2 Å². The van der Waals surface area contributed by atoms with E-state index in [4.69, 9.17) is 23.2 Å². The predicted molar refractivity (Wildman–Crippen MR) is 80.7 cm³/mol. The van der Waals surface area contributed by atoms with Gasteiger partial charge in [-0.2, -0.15) is 0 Å². The normalized spacial score (nSPS) is 11.1. The fraction of sp³-hybridized carbons (Fsp3) is 0. The Hall–Kier alpha value is -1.60. The van der Waals surface area contributed by atoms with Gasteiger partial charge >= 0.3 is 0 Å². The van der Waals surface area contributed by atoms with Crippen LogP contribution in [0.3, 0.4) is 0 Å². The molecular formula is C13H10Cl2N2O3S. The van der Waals surface area contributed by atoms with Crippen LogP contribution in [-0.2, 0) is 10.0 Å². The van der Waals surface area contributed by atoms with Crippen LogP contribution >= 0.6 is 23.2 Å². The molecule has 0 fully saturated rings.